The van der Waals surface area contributed by atoms with Crippen LogP contribution in [-0.2, 0) is 4.79 Å². The van der Waals surface area contributed by atoms with Crippen molar-refractivity contribution in [3.05, 3.63) is 0 Å². The molecule has 0 radical (unpaired) electrons. The zero-order valence-electron chi connectivity index (χ0n) is 12.9. The minimum atomic E-state index is -0.692. The number of nitriles is 1. The van der Waals surface area contributed by atoms with Crippen LogP contribution in [0.1, 0.15) is 71.1 Å². The summed E-state index contributed by atoms with van der Waals surface area (Å²) in [4.78, 5) is 14.8. The second-order valence-corrected chi connectivity index (χ2v) is 6.63. The van der Waals surface area contributed by atoms with Crippen molar-refractivity contribution in [2.75, 3.05) is 13.1 Å². The van der Waals surface area contributed by atoms with Crippen molar-refractivity contribution in [1.82, 2.24) is 4.90 Å². The van der Waals surface area contributed by atoms with Gasteiger partial charge in [-0.3, -0.25) is 4.79 Å². The molecule has 0 bridgehead atoms. The van der Waals surface area contributed by atoms with Crippen LogP contribution in [0, 0.1) is 22.7 Å². The first-order valence-electron chi connectivity index (χ1n) is 8.42. The predicted octanol–water partition coefficient (Wildman–Crippen LogP) is 3.89. The van der Waals surface area contributed by atoms with Crippen molar-refractivity contribution in [1.29, 1.82) is 5.26 Å². The van der Waals surface area contributed by atoms with Gasteiger partial charge in [-0.15, -0.1) is 0 Å². The quantitative estimate of drug-likeness (QED) is 0.785. The van der Waals surface area contributed by atoms with Gasteiger partial charge in [-0.2, -0.15) is 5.26 Å². The largest absolute Gasteiger partial charge is 0.341 e. The van der Waals surface area contributed by atoms with E-state index in [9.17, 15) is 10.1 Å². The van der Waals surface area contributed by atoms with E-state index in [0.29, 0.717) is 0 Å². The van der Waals surface area contributed by atoms with Gasteiger partial charge in [0.2, 0.25) is 5.91 Å². The number of nitrogens with zero attached hydrogens (tertiary/aromatic N) is 2. The molecule has 0 spiro atoms. The Morgan fingerprint density at radius 1 is 1.20 bits per heavy atom. The van der Waals surface area contributed by atoms with Gasteiger partial charge in [0.05, 0.1) is 6.07 Å². The summed E-state index contributed by atoms with van der Waals surface area (Å²) in [6, 6.07) is 2.38. The predicted molar refractivity (Wildman–Crippen MR) is 80.0 cm³/mol. The van der Waals surface area contributed by atoms with Crippen molar-refractivity contribution in [2.24, 2.45) is 11.3 Å². The molecule has 0 aromatic rings. The summed E-state index contributed by atoms with van der Waals surface area (Å²) in [7, 11) is 0. The Hall–Kier alpha value is -1.04. The first-order valence-corrected chi connectivity index (χ1v) is 8.42. The lowest BCUT2D eigenvalue weighted by Crippen LogP contribution is -2.44. The summed E-state index contributed by atoms with van der Waals surface area (Å²) < 4.78 is 0. The molecule has 1 aliphatic heterocycles. The highest BCUT2D eigenvalue weighted by molar-refractivity contribution is 5.85. The Kier molecular flexibility index (Phi) is 5.46. The molecule has 1 unspecified atom stereocenters. The van der Waals surface area contributed by atoms with Gasteiger partial charge in [-0.05, 0) is 38.0 Å². The molecule has 1 saturated carbocycles. The zero-order valence-corrected chi connectivity index (χ0v) is 12.9. The van der Waals surface area contributed by atoms with Gasteiger partial charge < -0.3 is 4.90 Å². The number of hydrogen-bond acceptors (Lipinski definition) is 2. The first-order chi connectivity index (χ1) is 9.72. The smallest absolute Gasteiger partial charge is 0.243 e. The molecule has 3 nitrogen and oxygen atoms in total. The fourth-order valence-corrected chi connectivity index (χ4v) is 3.90. The van der Waals surface area contributed by atoms with E-state index in [1.807, 2.05) is 4.90 Å². The number of rotatable bonds is 3. The highest BCUT2D eigenvalue weighted by Gasteiger charge is 2.42. The van der Waals surface area contributed by atoms with Gasteiger partial charge in [0.15, 0.2) is 0 Å². The van der Waals surface area contributed by atoms with Crippen molar-refractivity contribution in [2.45, 2.75) is 71.1 Å². The lowest BCUT2D eigenvalue weighted by Gasteiger charge is -2.34. The van der Waals surface area contributed by atoms with E-state index in [1.165, 1.54) is 25.7 Å². The normalized spacial score (nSPS) is 26.6. The molecule has 1 saturated heterocycles. The van der Waals surface area contributed by atoms with Gasteiger partial charge in [0.25, 0.3) is 0 Å². The third-order valence-corrected chi connectivity index (χ3v) is 5.16. The summed E-state index contributed by atoms with van der Waals surface area (Å²) in [5, 5.41) is 9.55. The second-order valence-electron chi connectivity index (χ2n) is 6.63. The van der Waals surface area contributed by atoms with Gasteiger partial charge >= 0.3 is 0 Å². The molecule has 1 aliphatic carbocycles. The molecule has 0 aromatic carbocycles. The van der Waals surface area contributed by atoms with Crippen molar-refractivity contribution >= 4 is 5.91 Å². The van der Waals surface area contributed by atoms with Crippen LogP contribution in [0.3, 0.4) is 0 Å². The summed E-state index contributed by atoms with van der Waals surface area (Å²) in [6.07, 6.45) is 10.8. The van der Waals surface area contributed by atoms with Crippen LogP contribution < -0.4 is 0 Å². The summed E-state index contributed by atoms with van der Waals surface area (Å²) in [6.45, 7) is 3.97. The van der Waals surface area contributed by atoms with E-state index < -0.39 is 5.41 Å². The Morgan fingerprint density at radius 3 is 2.60 bits per heavy atom. The standard InChI is InChI=1S/C17H28N2O/c1-2-7-15-8-6-12-19(13-9-15)16(20)17(14-18)10-4-3-5-11-17/h15H,2-13H2,1H3. The minimum Gasteiger partial charge on any atom is -0.341 e. The van der Waals surface area contributed by atoms with Crippen molar-refractivity contribution < 1.29 is 4.79 Å². The molecule has 2 aliphatic rings. The van der Waals surface area contributed by atoms with Crippen LogP contribution >= 0.6 is 0 Å². The highest BCUT2D eigenvalue weighted by atomic mass is 16.2. The molecule has 0 N–H and O–H groups in total. The maximum atomic E-state index is 12.8. The monoisotopic (exact) mass is 276 g/mol. The van der Waals surface area contributed by atoms with E-state index in [-0.39, 0.29) is 5.91 Å². The third kappa shape index (κ3) is 3.34. The maximum absolute atomic E-state index is 12.8. The van der Waals surface area contributed by atoms with Gasteiger partial charge in [-0.1, -0.05) is 39.0 Å². The lowest BCUT2D eigenvalue weighted by molar-refractivity contribution is -0.140. The van der Waals surface area contributed by atoms with E-state index in [4.69, 9.17) is 0 Å². The fourth-order valence-electron chi connectivity index (χ4n) is 3.90. The lowest BCUT2D eigenvalue weighted by atomic mass is 9.74. The number of hydrogen-bond donors (Lipinski definition) is 0. The van der Waals surface area contributed by atoms with E-state index >= 15 is 0 Å². The van der Waals surface area contributed by atoms with E-state index in [0.717, 1.165) is 57.5 Å². The fraction of sp³-hybridized carbons (Fsp3) is 0.882. The highest BCUT2D eigenvalue weighted by Crippen LogP contribution is 2.38. The van der Waals surface area contributed by atoms with Crippen LogP contribution in [0.4, 0.5) is 0 Å². The van der Waals surface area contributed by atoms with Crippen molar-refractivity contribution in [3.63, 3.8) is 0 Å². The van der Waals surface area contributed by atoms with Crippen LogP contribution in [0.25, 0.3) is 0 Å². The molecule has 1 heterocycles. The molecule has 2 fully saturated rings. The molecular weight excluding hydrogens is 248 g/mol. The number of amides is 1. The van der Waals surface area contributed by atoms with Crippen LogP contribution in [-0.4, -0.2) is 23.9 Å². The molecule has 3 heteroatoms. The van der Waals surface area contributed by atoms with Crippen LogP contribution in [0.2, 0.25) is 0 Å². The molecule has 112 valence electrons. The molecule has 20 heavy (non-hydrogen) atoms. The average molecular weight is 276 g/mol. The molecule has 0 aromatic heterocycles. The van der Waals surface area contributed by atoms with Gasteiger partial charge in [-0.25, -0.2) is 0 Å². The molecular formula is C17H28N2O. The SMILES string of the molecule is CCCC1CCCN(C(=O)C2(C#N)CCCCC2)CC1. The number of carbonyl (C=O) groups excluding carboxylic acids is 1. The molecule has 1 amide bonds. The van der Waals surface area contributed by atoms with Crippen molar-refractivity contribution in [3.8, 4) is 6.07 Å². The van der Waals surface area contributed by atoms with E-state index in [2.05, 4.69) is 13.0 Å². The number of likely N-dealkylation sites (tertiary alicyclic amines) is 1. The van der Waals surface area contributed by atoms with Crippen LogP contribution in [0.15, 0.2) is 0 Å². The second kappa shape index (κ2) is 7.11. The average Bonchev–Trinajstić information content (AvgIpc) is 2.73. The Bertz CT molecular complexity index is 366. The summed E-state index contributed by atoms with van der Waals surface area (Å²) >= 11 is 0. The van der Waals surface area contributed by atoms with Crippen LogP contribution in [0.5, 0.6) is 0 Å². The third-order valence-electron chi connectivity index (χ3n) is 5.16. The number of carbonyl (C=O) groups is 1. The topological polar surface area (TPSA) is 44.1 Å². The molecule has 2 rings (SSSR count). The summed E-state index contributed by atoms with van der Waals surface area (Å²) in [5.74, 6) is 0.916. The minimum absolute atomic E-state index is 0.136. The first kappa shape index (κ1) is 15.4. The van der Waals surface area contributed by atoms with E-state index in [1.54, 1.807) is 0 Å². The molecule has 1 atom stereocenters. The van der Waals surface area contributed by atoms with Gasteiger partial charge in [0, 0.05) is 13.1 Å². The maximum Gasteiger partial charge on any atom is 0.243 e. The Morgan fingerprint density at radius 2 is 1.95 bits per heavy atom. The zero-order chi connectivity index (χ0) is 14.4. The summed E-state index contributed by atoms with van der Waals surface area (Å²) in [5.41, 5.74) is -0.692. The van der Waals surface area contributed by atoms with Gasteiger partial charge in [0.1, 0.15) is 5.41 Å². The Labute approximate surface area is 123 Å². The Balaban J connectivity index is 1.99.